The molecule has 0 bridgehead atoms. The minimum atomic E-state index is 0.886. The van der Waals surface area contributed by atoms with E-state index in [4.69, 9.17) is 0 Å². The van der Waals surface area contributed by atoms with E-state index in [0.717, 1.165) is 6.54 Å². The Labute approximate surface area is 110 Å². The highest BCUT2D eigenvalue weighted by Gasteiger charge is 2.01. The maximum atomic E-state index is 3.52. The smallest absolute Gasteiger partial charge is 0.0403 e. The Balaban J connectivity index is 2.13. The Morgan fingerprint density at radius 3 is 2.17 bits per heavy atom. The predicted molar refractivity (Wildman–Crippen MR) is 79.2 cm³/mol. The van der Waals surface area contributed by atoms with Crippen LogP contribution in [-0.2, 0) is 6.54 Å². The van der Waals surface area contributed by atoms with Crippen molar-refractivity contribution >= 4 is 5.69 Å². The van der Waals surface area contributed by atoms with Crippen LogP contribution in [0.3, 0.4) is 0 Å². The van der Waals surface area contributed by atoms with Crippen molar-refractivity contribution < 1.29 is 0 Å². The molecule has 0 atom stereocenters. The van der Waals surface area contributed by atoms with Crippen molar-refractivity contribution in [3.8, 4) is 0 Å². The number of hydrogen-bond donors (Lipinski definition) is 1. The molecule has 0 heterocycles. The fraction of sp³-hybridized carbons (Fsp3) is 0.294. The molecule has 0 saturated heterocycles. The molecule has 1 N–H and O–H groups in total. The molecule has 0 unspecified atom stereocenters. The molecule has 2 aromatic carbocycles. The van der Waals surface area contributed by atoms with E-state index in [1.807, 2.05) is 0 Å². The molecule has 2 rings (SSSR count). The van der Waals surface area contributed by atoms with Crippen LogP contribution in [0.2, 0.25) is 0 Å². The average Bonchev–Trinajstić information content (AvgIpc) is 2.32. The molecular formula is C17H21N. The first-order valence-electron chi connectivity index (χ1n) is 6.43. The van der Waals surface area contributed by atoms with Crippen molar-refractivity contribution in [1.82, 2.24) is 0 Å². The molecule has 1 heteroatoms. The number of benzene rings is 2. The molecule has 18 heavy (non-hydrogen) atoms. The van der Waals surface area contributed by atoms with Gasteiger partial charge < -0.3 is 5.32 Å². The Bertz CT molecular complexity index is 556. The van der Waals surface area contributed by atoms with E-state index in [0.29, 0.717) is 0 Å². The summed E-state index contributed by atoms with van der Waals surface area (Å²) in [6, 6.07) is 13.1. The van der Waals surface area contributed by atoms with Crippen LogP contribution in [0.1, 0.15) is 27.8 Å². The Kier molecular flexibility index (Phi) is 3.71. The summed E-state index contributed by atoms with van der Waals surface area (Å²) in [4.78, 5) is 0. The highest BCUT2D eigenvalue weighted by Crippen LogP contribution is 2.18. The van der Waals surface area contributed by atoms with Gasteiger partial charge in [0.15, 0.2) is 0 Å². The monoisotopic (exact) mass is 239 g/mol. The molecule has 0 spiro atoms. The molecule has 0 radical (unpaired) electrons. The van der Waals surface area contributed by atoms with Crippen molar-refractivity contribution in [2.75, 3.05) is 5.32 Å². The second-order valence-corrected chi connectivity index (χ2v) is 5.10. The van der Waals surface area contributed by atoms with E-state index in [1.165, 1.54) is 33.5 Å². The van der Waals surface area contributed by atoms with Gasteiger partial charge in [-0.15, -0.1) is 0 Å². The number of nitrogens with one attached hydrogen (secondary N) is 1. The van der Waals surface area contributed by atoms with E-state index in [1.54, 1.807) is 0 Å². The third-order valence-electron chi connectivity index (χ3n) is 3.36. The van der Waals surface area contributed by atoms with Crippen LogP contribution in [0.4, 0.5) is 5.69 Å². The van der Waals surface area contributed by atoms with Gasteiger partial charge in [-0.1, -0.05) is 41.5 Å². The molecule has 0 aliphatic carbocycles. The minimum absolute atomic E-state index is 0.886. The van der Waals surface area contributed by atoms with Gasteiger partial charge in [-0.25, -0.2) is 0 Å². The standard InChI is InChI=1S/C17H21N/c1-12-6-8-17(15(4)9-12)18-11-16-10-13(2)5-7-14(16)3/h5-10,18H,11H2,1-4H3. The highest BCUT2D eigenvalue weighted by atomic mass is 14.9. The molecule has 0 aliphatic rings. The van der Waals surface area contributed by atoms with Gasteiger partial charge in [0.2, 0.25) is 0 Å². The lowest BCUT2D eigenvalue weighted by Crippen LogP contribution is -2.03. The zero-order chi connectivity index (χ0) is 13.1. The summed E-state index contributed by atoms with van der Waals surface area (Å²) in [5, 5.41) is 3.52. The van der Waals surface area contributed by atoms with Crippen LogP contribution in [-0.4, -0.2) is 0 Å². The SMILES string of the molecule is Cc1ccc(NCc2cc(C)ccc2C)c(C)c1. The van der Waals surface area contributed by atoms with E-state index in [2.05, 4.69) is 69.4 Å². The largest absolute Gasteiger partial charge is 0.381 e. The minimum Gasteiger partial charge on any atom is -0.381 e. The lowest BCUT2D eigenvalue weighted by Gasteiger charge is -2.12. The lowest BCUT2D eigenvalue weighted by molar-refractivity contribution is 1.10. The summed E-state index contributed by atoms with van der Waals surface area (Å²) in [6.45, 7) is 9.47. The Morgan fingerprint density at radius 1 is 0.778 bits per heavy atom. The van der Waals surface area contributed by atoms with Gasteiger partial charge in [0, 0.05) is 12.2 Å². The Morgan fingerprint density at radius 2 is 1.44 bits per heavy atom. The second-order valence-electron chi connectivity index (χ2n) is 5.10. The quantitative estimate of drug-likeness (QED) is 0.829. The summed E-state index contributed by atoms with van der Waals surface area (Å²) >= 11 is 0. The number of anilines is 1. The van der Waals surface area contributed by atoms with Crippen molar-refractivity contribution in [1.29, 1.82) is 0 Å². The molecule has 0 saturated carbocycles. The molecule has 0 aliphatic heterocycles. The maximum Gasteiger partial charge on any atom is 0.0403 e. The zero-order valence-electron chi connectivity index (χ0n) is 11.7. The predicted octanol–water partition coefficient (Wildman–Crippen LogP) is 4.53. The molecule has 0 fully saturated rings. The van der Waals surface area contributed by atoms with Gasteiger partial charge >= 0.3 is 0 Å². The van der Waals surface area contributed by atoms with Crippen LogP contribution in [0.5, 0.6) is 0 Å². The zero-order valence-corrected chi connectivity index (χ0v) is 11.7. The van der Waals surface area contributed by atoms with E-state index >= 15 is 0 Å². The van der Waals surface area contributed by atoms with Gasteiger partial charge in [0.1, 0.15) is 0 Å². The van der Waals surface area contributed by atoms with Crippen molar-refractivity contribution in [3.63, 3.8) is 0 Å². The first kappa shape index (κ1) is 12.7. The van der Waals surface area contributed by atoms with Gasteiger partial charge in [-0.05, 0) is 50.5 Å². The second kappa shape index (κ2) is 5.26. The van der Waals surface area contributed by atoms with Gasteiger partial charge in [0.25, 0.3) is 0 Å². The molecule has 0 amide bonds. The van der Waals surface area contributed by atoms with E-state index in [9.17, 15) is 0 Å². The summed E-state index contributed by atoms with van der Waals surface area (Å²) < 4.78 is 0. The first-order chi connectivity index (χ1) is 8.56. The summed E-state index contributed by atoms with van der Waals surface area (Å²) in [6.07, 6.45) is 0. The molecule has 1 nitrogen and oxygen atoms in total. The first-order valence-corrected chi connectivity index (χ1v) is 6.43. The third-order valence-corrected chi connectivity index (χ3v) is 3.36. The van der Waals surface area contributed by atoms with E-state index in [-0.39, 0.29) is 0 Å². The van der Waals surface area contributed by atoms with Crippen molar-refractivity contribution in [3.05, 3.63) is 64.2 Å². The molecule has 0 aromatic heterocycles. The Hall–Kier alpha value is -1.76. The summed E-state index contributed by atoms with van der Waals surface area (Å²) in [5.74, 6) is 0. The summed E-state index contributed by atoms with van der Waals surface area (Å²) in [5.41, 5.74) is 7.87. The van der Waals surface area contributed by atoms with Gasteiger partial charge in [0.05, 0.1) is 0 Å². The van der Waals surface area contributed by atoms with Crippen LogP contribution < -0.4 is 5.32 Å². The summed E-state index contributed by atoms with van der Waals surface area (Å²) in [7, 11) is 0. The molecular weight excluding hydrogens is 218 g/mol. The number of rotatable bonds is 3. The van der Waals surface area contributed by atoms with Crippen LogP contribution in [0, 0.1) is 27.7 Å². The highest BCUT2D eigenvalue weighted by molar-refractivity contribution is 5.52. The van der Waals surface area contributed by atoms with Crippen LogP contribution in [0.25, 0.3) is 0 Å². The van der Waals surface area contributed by atoms with Crippen LogP contribution in [0.15, 0.2) is 36.4 Å². The maximum absolute atomic E-state index is 3.52. The van der Waals surface area contributed by atoms with Gasteiger partial charge in [-0.2, -0.15) is 0 Å². The van der Waals surface area contributed by atoms with Gasteiger partial charge in [-0.3, -0.25) is 0 Å². The molecule has 94 valence electrons. The normalized spacial score (nSPS) is 10.4. The fourth-order valence-electron chi connectivity index (χ4n) is 2.19. The topological polar surface area (TPSA) is 12.0 Å². The number of aryl methyl sites for hydroxylation is 4. The van der Waals surface area contributed by atoms with Crippen molar-refractivity contribution in [2.24, 2.45) is 0 Å². The van der Waals surface area contributed by atoms with Crippen molar-refractivity contribution in [2.45, 2.75) is 34.2 Å². The average molecular weight is 239 g/mol. The fourth-order valence-corrected chi connectivity index (χ4v) is 2.19. The number of hydrogen-bond acceptors (Lipinski definition) is 1. The lowest BCUT2D eigenvalue weighted by atomic mass is 10.1. The van der Waals surface area contributed by atoms with E-state index < -0.39 is 0 Å². The third kappa shape index (κ3) is 2.92. The molecule has 2 aromatic rings. The van der Waals surface area contributed by atoms with Crippen LogP contribution >= 0.6 is 0 Å².